The molecule has 0 bridgehead atoms. The Morgan fingerprint density at radius 2 is 1.69 bits per heavy atom. The smallest absolute Gasteiger partial charge is 0.255 e. The quantitative estimate of drug-likeness (QED) is 0.296. The summed E-state index contributed by atoms with van der Waals surface area (Å²) in [6, 6.07) is 18.1. The summed E-state index contributed by atoms with van der Waals surface area (Å²) >= 11 is 5.63. The second-order valence-electron chi connectivity index (χ2n) is 11.1. The molecule has 42 heavy (non-hydrogen) atoms. The summed E-state index contributed by atoms with van der Waals surface area (Å²) in [5.41, 5.74) is 3.12. The van der Waals surface area contributed by atoms with Crippen molar-refractivity contribution in [2.24, 2.45) is 0 Å². The number of hydrogen-bond acceptors (Lipinski definition) is 7. The van der Waals surface area contributed by atoms with Gasteiger partial charge in [0.05, 0.1) is 35.8 Å². The molecule has 3 aromatic carbocycles. The lowest BCUT2D eigenvalue weighted by molar-refractivity contribution is 0.0693. The molecule has 2 heterocycles. The number of anilines is 2. The average molecular weight is 609 g/mol. The first-order valence-corrected chi connectivity index (χ1v) is 15.9. The molecule has 2 aliphatic rings. The molecule has 0 aliphatic carbocycles. The monoisotopic (exact) mass is 608 g/mol. The van der Waals surface area contributed by atoms with Crippen LogP contribution in [0.15, 0.2) is 71.6 Å². The Balaban J connectivity index is 1.36. The van der Waals surface area contributed by atoms with E-state index in [9.17, 15) is 18.3 Å². The summed E-state index contributed by atoms with van der Waals surface area (Å²) in [4.78, 5) is 16.2. The van der Waals surface area contributed by atoms with Crippen molar-refractivity contribution in [2.45, 2.75) is 49.8 Å². The zero-order chi connectivity index (χ0) is 30.1. The van der Waals surface area contributed by atoms with Gasteiger partial charge in [0.2, 0.25) is 10.0 Å². The van der Waals surface area contributed by atoms with Gasteiger partial charge in [-0.15, -0.1) is 0 Å². The summed E-state index contributed by atoms with van der Waals surface area (Å²) in [7, 11) is -3.97. The molecule has 0 unspecified atom stereocenters. The number of benzene rings is 3. The number of aryl methyl sites for hydroxylation is 1. The summed E-state index contributed by atoms with van der Waals surface area (Å²) < 4.78 is 34.8. The predicted molar refractivity (Wildman–Crippen MR) is 168 cm³/mol. The highest BCUT2D eigenvalue weighted by Gasteiger charge is 2.43. The number of fused-ring (bicyclic) bond motifs is 1. The van der Waals surface area contributed by atoms with Crippen molar-refractivity contribution < 1.29 is 23.1 Å². The van der Waals surface area contributed by atoms with Crippen LogP contribution in [0.1, 0.15) is 53.9 Å². The Labute approximate surface area is 252 Å². The number of rotatable bonds is 7. The van der Waals surface area contributed by atoms with E-state index in [1.54, 1.807) is 68.4 Å². The van der Waals surface area contributed by atoms with Crippen LogP contribution in [0, 0.1) is 0 Å². The fourth-order valence-electron chi connectivity index (χ4n) is 5.20. The molecule has 11 heteroatoms. The van der Waals surface area contributed by atoms with Crippen LogP contribution < -0.4 is 15.4 Å². The van der Waals surface area contributed by atoms with Crippen LogP contribution in [0.25, 0.3) is 0 Å². The number of aliphatic hydroxyl groups is 1. The molecule has 3 aromatic rings. The van der Waals surface area contributed by atoms with Crippen molar-refractivity contribution >= 4 is 44.5 Å². The van der Waals surface area contributed by atoms with E-state index in [-0.39, 0.29) is 10.8 Å². The minimum Gasteiger partial charge on any atom is -0.389 e. The van der Waals surface area contributed by atoms with Crippen molar-refractivity contribution in [2.75, 3.05) is 36.9 Å². The lowest BCUT2D eigenvalue weighted by Gasteiger charge is -2.43. The minimum atomic E-state index is -3.97. The van der Waals surface area contributed by atoms with Gasteiger partial charge in [-0.25, -0.2) is 13.1 Å². The van der Waals surface area contributed by atoms with Crippen molar-refractivity contribution in [3.8, 4) is 0 Å². The van der Waals surface area contributed by atoms with Gasteiger partial charge in [-0.2, -0.15) is 0 Å². The Hall–Kier alpha value is -3.35. The Kier molecular flexibility index (Phi) is 8.68. The second-order valence-corrected chi connectivity index (χ2v) is 13.2. The first-order valence-electron chi connectivity index (χ1n) is 14.0. The van der Waals surface area contributed by atoms with Gasteiger partial charge in [0.15, 0.2) is 0 Å². The molecular weight excluding hydrogens is 572 g/mol. The van der Waals surface area contributed by atoms with E-state index >= 15 is 0 Å². The molecule has 0 spiro atoms. The summed E-state index contributed by atoms with van der Waals surface area (Å²) in [5, 5.41) is 17.4. The van der Waals surface area contributed by atoms with Crippen LogP contribution in [0.3, 0.4) is 0 Å². The molecule has 5 rings (SSSR count). The summed E-state index contributed by atoms with van der Waals surface area (Å²) in [6.07, 6.45) is -0.324. The third kappa shape index (κ3) is 6.35. The highest BCUT2D eigenvalue weighted by Crippen LogP contribution is 2.39. The van der Waals surface area contributed by atoms with Gasteiger partial charge in [-0.1, -0.05) is 31.3 Å². The number of ether oxygens (including phenoxy) is 1. The van der Waals surface area contributed by atoms with E-state index in [0.29, 0.717) is 35.7 Å². The summed E-state index contributed by atoms with van der Waals surface area (Å²) in [5.74, 6) is -0.364. The van der Waals surface area contributed by atoms with E-state index in [1.807, 2.05) is 19.1 Å². The number of aliphatic hydroxyl groups excluding tert-OH is 1. The zero-order valence-electron chi connectivity index (χ0n) is 23.9. The van der Waals surface area contributed by atoms with Crippen LogP contribution in [0.5, 0.6) is 0 Å². The van der Waals surface area contributed by atoms with Crippen molar-refractivity contribution in [3.63, 3.8) is 0 Å². The van der Waals surface area contributed by atoms with Crippen LogP contribution in [0.2, 0.25) is 0 Å². The first kappa shape index (κ1) is 30.1. The maximum atomic E-state index is 13.4. The largest absolute Gasteiger partial charge is 0.389 e. The van der Waals surface area contributed by atoms with E-state index in [0.717, 1.165) is 35.6 Å². The molecule has 1 amide bonds. The van der Waals surface area contributed by atoms with Gasteiger partial charge >= 0.3 is 0 Å². The van der Waals surface area contributed by atoms with Gasteiger partial charge in [0.1, 0.15) is 4.99 Å². The van der Waals surface area contributed by atoms with Crippen LogP contribution in [-0.2, 0) is 21.2 Å². The van der Waals surface area contributed by atoms with Gasteiger partial charge < -0.3 is 25.4 Å². The number of morpholine rings is 1. The maximum absolute atomic E-state index is 13.4. The lowest BCUT2D eigenvalue weighted by atomic mass is 9.82. The fourth-order valence-corrected chi connectivity index (χ4v) is 6.74. The number of amides is 1. The van der Waals surface area contributed by atoms with Gasteiger partial charge in [-0.3, -0.25) is 4.79 Å². The molecule has 9 nitrogen and oxygen atoms in total. The summed E-state index contributed by atoms with van der Waals surface area (Å²) in [6.45, 7) is 8.38. The number of carbonyl (C=O) groups is 1. The Morgan fingerprint density at radius 1 is 1.05 bits per heavy atom. The highest BCUT2D eigenvalue weighted by atomic mass is 32.2. The predicted octanol–water partition coefficient (Wildman–Crippen LogP) is 4.09. The van der Waals surface area contributed by atoms with E-state index < -0.39 is 27.7 Å². The average Bonchev–Trinajstić information content (AvgIpc) is 2.99. The van der Waals surface area contributed by atoms with E-state index in [1.165, 1.54) is 0 Å². The van der Waals surface area contributed by atoms with Gasteiger partial charge in [0.25, 0.3) is 5.91 Å². The maximum Gasteiger partial charge on any atom is 0.255 e. The van der Waals surface area contributed by atoms with Crippen molar-refractivity contribution in [3.05, 3.63) is 89.0 Å². The van der Waals surface area contributed by atoms with Crippen LogP contribution >= 0.6 is 12.2 Å². The molecular formula is C31H36N4O5S2. The Bertz CT molecular complexity index is 1570. The minimum absolute atomic E-state index is 0.107. The fraction of sp³-hybridized carbons (Fsp3) is 0.355. The molecule has 222 valence electrons. The third-order valence-corrected chi connectivity index (χ3v) is 9.72. The van der Waals surface area contributed by atoms with Gasteiger partial charge in [-0.05, 0) is 86.0 Å². The van der Waals surface area contributed by atoms with Crippen LogP contribution in [0.4, 0.5) is 11.4 Å². The van der Waals surface area contributed by atoms with E-state index in [4.69, 9.17) is 17.0 Å². The zero-order valence-corrected chi connectivity index (χ0v) is 25.5. The number of carbonyl (C=O) groups excluding carboxylic acids is 1. The second kappa shape index (κ2) is 12.1. The molecule has 0 aromatic heterocycles. The molecule has 0 radical (unpaired) electrons. The molecule has 4 N–H and O–H groups in total. The number of nitrogens with one attached hydrogen (secondary N) is 3. The van der Waals surface area contributed by atoms with Crippen molar-refractivity contribution in [1.29, 1.82) is 0 Å². The number of nitrogens with zero attached hydrogens (tertiary/aromatic N) is 1. The third-order valence-electron chi connectivity index (χ3n) is 7.77. The SMILES string of the molecule is CCc1ccc(S(=O)(=O)N[C@@H]2c3cc(C(=O)Nc4ccc(C(=S)N5CCOCC5)cc4)ccc3NC(C)(C)[C@H]2O)cc1. The standard InChI is InChI=1S/C31H36N4O5S2/c1-4-20-5-12-24(13-6-20)42(38,39)34-27-25-19-22(9-14-26(25)33-31(2,3)28(27)36)29(37)32-23-10-7-21(8-11-23)30(41)35-15-17-40-18-16-35/h5-14,19,27-28,33-34,36H,4,15-18H2,1-3H3,(H,32,37)/t27-,28+/m1/s1. The normalized spacial score (nSPS) is 19.9. The van der Waals surface area contributed by atoms with Crippen LogP contribution in [-0.4, -0.2) is 67.3 Å². The van der Waals surface area contributed by atoms with Crippen molar-refractivity contribution in [1.82, 2.24) is 9.62 Å². The number of hydrogen-bond donors (Lipinski definition) is 4. The molecule has 0 saturated carbocycles. The number of sulfonamides is 1. The number of thiocarbonyl (C=S) groups is 1. The molecule has 2 atom stereocenters. The van der Waals surface area contributed by atoms with E-state index in [2.05, 4.69) is 20.3 Å². The molecule has 1 saturated heterocycles. The topological polar surface area (TPSA) is 120 Å². The first-order chi connectivity index (χ1) is 20.0. The Morgan fingerprint density at radius 3 is 2.33 bits per heavy atom. The van der Waals surface area contributed by atoms with Gasteiger partial charge in [0, 0.05) is 35.6 Å². The molecule has 2 aliphatic heterocycles. The lowest BCUT2D eigenvalue weighted by Crippen LogP contribution is -2.54. The highest BCUT2D eigenvalue weighted by molar-refractivity contribution is 7.89. The molecule has 1 fully saturated rings.